The lowest BCUT2D eigenvalue weighted by molar-refractivity contribution is 0.136. The quantitative estimate of drug-likeness (QED) is 0.633. The van der Waals surface area contributed by atoms with Crippen LogP contribution in [0, 0.1) is 10.8 Å². The van der Waals surface area contributed by atoms with E-state index in [0.717, 1.165) is 13.1 Å². The Labute approximate surface area is 172 Å². The van der Waals surface area contributed by atoms with Gasteiger partial charge < -0.3 is 4.42 Å². The van der Waals surface area contributed by atoms with E-state index in [0.29, 0.717) is 42.0 Å². The van der Waals surface area contributed by atoms with Crippen molar-refractivity contribution in [3.63, 3.8) is 0 Å². The van der Waals surface area contributed by atoms with E-state index in [2.05, 4.69) is 16.9 Å². The highest BCUT2D eigenvalue weighted by Crippen LogP contribution is 2.24. The maximum Gasteiger partial charge on any atom is 0.288 e. The lowest BCUT2D eigenvalue weighted by Crippen LogP contribution is -2.36. The number of likely N-dealkylation sites (tertiary alicyclic amines) is 1. The Morgan fingerprint density at radius 3 is 2.75 bits per heavy atom. The summed E-state index contributed by atoms with van der Waals surface area (Å²) in [4.78, 5) is 2.84. The van der Waals surface area contributed by atoms with Crippen LogP contribution in [0.1, 0.15) is 33.6 Å². The van der Waals surface area contributed by atoms with Crippen LogP contribution in [0.15, 0.2) is 33.6 Å². The number of rotatable bonds is 7. The third-order valence-electron chi connectivity index (χ3n) is 5.11. The summed E-state index contributed by atoms with van der Waals surface area (Å²) in [5.74, 6) is 1.00. The predicted octanol–water partition coefficient (Wildman–Crippen LogP) is 3.59. The molecule has 0 bridgehead atoms. The first-order valence-electron chi connectivity index (χ1n) is 9.76. The molecule has 0 N–H and O–H groups in total. The van der Waals surface area contributed by atoms with Crippen LogP contribution in [-0.2, 0) is 16.7 Å². The molecule has 1 aromatic carbocycles. The van der Waals surface area contributed by atoms with E-state index in [9.17, 15) is 8.42 Å². The van der Waals surface area contributed by atoms with Gasteiger partial charge in [0.2, 0.25) is 15.9 Å². The van der Waals surface area contributed by atoms with Gasteiger partial charge in [0, 0.05) is 25.2 Å². The SMILES string of the molecule is CCN(CC)S(=O)(=O)c1cccc(-c2nn(CN3CCC[C@H](C)C3)c(=S)o2)c1. The summed E-state index contributed by atoms with van der Waals surface area (Å²) in [6, 6.07) is 6.68. The van der Waals surface area contributed by atoms with Crippen LogP contribution in [0.5, 0.6) is 0 Å². The normalized spacial score (nSPS) is 18.6. The number of sulfonamides is 1. The van der Waals surface area contributed by atoms with Crippen molar-refractivity contribution in [1.82, 2.24) is 19.0 Å². The van der Waals surface area contributed by atoms with Crippen LogP contribution in [0.4, 0.5) is 0 Å². The van der Waals surface area contributed by atoms with Crippen LogP contribution in [-0.4, -0.2) is 53.6 Å². The molecule has 0 radical (unpaired) electrons. The van der Waals surface area contributed by atoms with E-state index >= 15 is 0 Å². The first kappa shape index (κ1) is 21.2. The first-order chi connectivity index (χ1) is 13.3. The molecule has 1 saturated heterocycles. The van der Waals surface area contributed by atoms with Crippen LogP contribution in [0.2, 0.25) is 0 Å². The summed E-state index contributed by atoms with van der Waals surface area (Å²) in [7, 11) is -3.54. The van der Waals surface area contributed by atoms with Crippen molar-refractivity contribution in [2.75, 3.05) is 26.2 Å². The molecule has 1 aliphatic rings. The molecule has 0 unspecified atom stereocenters. The fraction of sp³-hybridized carbons (Fsp3) is 0.579. The number of hydrogen-bond acceptors (Lipinski definition) is 6. The topological polar surface area (TPSA) is 71.6 Å². The monoisotopic (exact) mass is 424 g/mol. The van der Waals surface area contributed by atoms with Gasteiger partial charge in [0.1, 0.15) is 0 Å². The summed E-state index contributed by atoms with van der Waals surface area (Å²) in [5.41, 5.74) is 0.602. The third kappa shape index (κ3) is 4.53. The lowest BCUT2D eigenvalue weighted by atomic mass is 10.0. The Hall–Kier alpha value is -1.55. The van der Waals surface area contributed by atoms with Crippen molar-refractivity contribution < 1.29 is 12.8 Å². The minimum Gasteiger partial charge on any atom is -0.409 e. The molecule has 1 atom stereocenters. The highest BCUT2D eigenvalue weighted by atomic mass is 32.2. The summed E-state index contributed by atoms with van der Waals surface area (Å²) in [5, 5.41) is 4.50. The molecule has 154 valence electrons. The number of nitrogens with zero attached hydrogens (tertiary/aromatic N) is 4. The van der Waals surface area contributed by atoms with Gasteiger partial charge >= 0.3 is 0 Å². The van der Waals surface area contributed by atoms with Gasteiger partial charge in [-0.2, -0.15) is 4.31 Å². The van der Waals surface area contributed by atoms with E-state index in [1.807, 2.05) is 13.8 Å². The second-order valence-corrected chi connectivity index (χ2v) is 9.54. The second-order valence-electron chi connectivity index (χ2n) is 7.26. The molecule has 2 aromatic rings. The molecule has 1 aliphatic heterocycles. The highest BCUT2D eigenvalue weighted by molar-refractivity contribution is 7.89. The summed E-state index contributed by atoms with van der Waals surface area (Å²) >= 11 is 5.34. The molecule has 2 heterocycles. The molecule has 3 rings (SSSR count). The molecule has 1 fully saturated rings. The van der Waals surface area contributed by atoms with Crippen LogP contribution >= 0.6 is 12.2 Å². The zero-order valence-corrected chi connectivity index (χ0v) is 18.3. The van der Waals surface area contributed by atoms with Gasteiger partial charge in [0.05, 0.1) is 11.6 Å². The molecule has 0 spiro atoms. The Balaban J connectivity index is 1.86. The minimum absolute atomic E-state index is 0.231. The smallest absolute Gasteiger partial charge is 0.288 e. The molecular weight excluding hydrogens is 396 g/mol. The Morgan fingerprint density at radius 1 is 1.32 bits per heavy atom. The van der Waals surface area contributed by atoms with Crippen molar-refractivity contribution in [1.29, 1.82) is 0 Å². The molecule has 0 amide bonds. The Kier molecular flexibility index (Phi) is 6.69. The molecule has 7 nitrogen and oxygen atoms in total. The average molecular weight is 425 g/mol. The first-order valence-corrected chi connectivity index (χ1v) is 11.6. The number of piperidine rings is 1. The van der Waals surface area contributed by atoms with Gasteiger partial charge in [0.25, 0.3) is 4.84 Å². The number of hydrogen-bond donors (Lipinski definition) is 0. The van der Waals surface area contributed by atoms with Gasteiger partial charge in [-0.1, -0.05) is 26.8 Å². The zero-order chi connectivity index (χ0) is 20.3. The standard InChI is InChI=1S/C19H28N4O3S2/c1-4-22(5-2)28(24,25)17-10-6-9-16(12-17)18-20-23(19(27)26-18)14-21-11-7-8-15(3)13-21/h6,9-10,12,15H,4-5,7-8,11,13-14H2,1-3H3/t15-/m0/s1. The van der Waals surface area contributed by atoms with Crippen molar-refractivity contribution in [2.45, 2.75) is 45.2 Å². The summed E-state index contributed by atoms with van der Waals surface area (Å²) in [6.45, 7) is 9.37. The van der Waals surface area contributed by atoms with Crippen LogP contribution in [0.25, 0.3) is 11.5 Å². The minimum atomic E-state index is -3.54. The van der Waals surface area contributed by atoms with E-state index < -0.39 is 10.0 Å². The van der Waals surface area contributed by atoms with Gasteiger partial charge in [-0.3, -0.25) is 4.90 Å². The van der Waals surface area contributed by atoms with E-state index in [1.54, 1.807) is 28.9 Å². The van der Waals surface area contributed by atoms with E-state index in [4.69, 9.17) is 16.6 Å². The fourth-order valence-corrected chi connectivity index (χ4v) is 5.30. The maximum atomic E-state index is 12.8. The molecule has 9 heteroatoms. The molecule has 0 aliphatic carbocycles. The average Bonchev–Trinajstić information content (AvgIpc) is 3.03. The molecular formula is C19H28N4O3S2. The van der Waals surface area contributed by atoms with Crippen LogP contribution in [0.3, 0.4) is 0 Å². The molecule has 1 aromatic heterocycles. The fourth-order valence-electron chi connectivity index (χ4n) is 3.62. The van der Waals surface area contributed by atoms with Crippen molar-refractivity contribution >= 4 is 22.2 Å². The largest absolute Gasteiger partial charge is 0.409 e. The summed E-state index contributed by atoms with van der Waals surface area (Å²) in [6.07, 6.45) is 2.42. The second kappa shape index (κ2) is 8.86. The van der Waals surface area contributed by atoms with E-state index in [-0.39, 0.29) is 4.90 Å². The number of benzene rings is 1. The zero-order valence-electron chi connectivity index (χ0n) is 16.7. The molecule has 28 heavy (non-hydrogen) atoms. The lowest BCUT2D eigenvalue weighted by Gasteiger charge is -2.30. The van der Waals surface area contributed by atoms with Crippen molar-refractivity contribution in [3.8, 4) is 11.5 Å². The van der Waals surface area contributed by atoms with Gasteiger partial charge in [0.15, 0.2) is 0 Å². The van der Waals surface area contributed by atoms with Gasteiger partial charge in [-0.15, -0.1) is 5.10 Å². The Bertz CT molecular complexity index is 964. The maximum absolute atomic E-state index is 12.8. The van der Waals surface area contributed by atoms with Gasteiger partial charge in [-0.25, -0.2) is 13.1 Å². The van der Waals surface area contributed by atoms with Crippen molar-refractivity contribution in [3.05, 3.63) is 29.1 Å². The molecule has 0 saturated carbocycles. The predicted molar refractivity (Wildman–Crippen MR) is 111 cm³/mol. The number of aromatic nitrogens is 2. The van der Waals surface area contributed by atoms with Crippen molar-refractivity contribution in [2.24, 2.45) is 5.92 Å². The Morgan fingerprint density at radius 2 is 2.07 bits per heavy atom. The highest BCUT2D eigenvalue weighted by Gasteiger charge is 2.23. The van der Waals surface area contributed by atoms with Crippen LogP contribution < -0.4 is 0 Å². The van der Waals surface area contributed by atoms with Gasteiger partial charge in [-0.05, 0) is 55.7 Å². The third-order valence-corrected chi connectivity index (χ3v) is 7.45. The van der Waals surface area contributed by atoms with E-state index in [1.165, 1.54) is 17.1 Å². The summed E-state index contributed by atoms with van der Waals surface area (Å²) < 4.78 is 34.4.